The summed E-state index contributed by atoms with van der Waals surface area (Å²) < 4.78 is 10.6. The van der Waals surface area contributed by atoms with Crippen LogP contribution in [0.15, 0.2) is 24.3 Å². The summed E-state index contributed by atoms with van der Waals surface area (Å²) in [5, 5.41) is 9.47. The van der Waals surface area contributed by atoms with E-state index in [1.54, 1.807) is 0 Å². The fraction of sp³-hybridized carbons (Fsp3) is 0.529. The van der Waals surface area contributed by atoms with Gasteiger partial charge in [0.25, 0.3) is 0 Å². The van der Waals surface area contributed by atoms with Crippen LogP contribution >= 0.6 is 0 Å². The van der Waals surface area contributed by atoms with Gasteiger partial charge in [-0.2, -0.15) is 5.26 Å². The van der Waals surface area contributed by atoms with Crippen molar-refractivity contribution in [1.82, 2.24) is 0 Å². The van der Waals surface area contributed by atoms with Crippen molar-refractivity contribution in [3.8, 4) is 6.07 Å². The second-order valence-corrected chi connectivity index (χ2v) is 5.88. The molecule has 1 aliphatic carbocycles. The molecule has 1 unspecified atom stereocenters. The zero-order valence-electron chi connectivity index (χ0n) is 12.2. The Bertz CT molecular complexity index is 575. The van der Waals surface area contributed by atoms with Gasteiger partial charge in [-0.3, -0.25) is 4.79 Å². The third-order valence-corrected chi connectivity index (χ3v) is 4.64. The molecule has 2 aliphatic rings. The van der Waals surface area contributed by atoms with Crippen LogP contribution in [0.1, 0.15) is 37.3 Å². The van der Waals surface area contributed by atoms with E-state index in [1.807, 2.05) is 31.2 Å². The first-order chi connectivity index (χ1) is 10.2. The zero-order valence-corrected chi connectivity index (χ0v) is 12.2. The van der Waals surface area contributed by atoms with Crippen molar-refractivity contribution < 1.29 is 14.3 Å². The topological polar surface area (TPSA) is 59.3 Å². The predicted molar refractivity (Wildman–Crippen MR) is 76.7 cm³/mol. The van der Waals surface area contributed by atoms with Crippen LogP contribution in [0.3, 0.4) is 0 Å². The number of nitrogens with zero attached hydrogens (tertiary/aromatic N) is 1. The van der Waals surface area contributed by atoms with Crippen LogP contribution < -0.4 is 0 Å². The average Bonchev–Trinajstić information content (AvgIpc) is 3.19. The zero-order chi connectivity index (χ0) is 14.9. The van der Waals surface area contributed by atoms with E-state index in [0.29, 0.717) is 19.8 Å². The van der Waals surface area contributed by atoms with Crippen molar-refractivity contribution in [3.05, 3.63) is 35.4 Å². The van der Waals surface area contributed by atoms with E-state index in [2.05, 4.69) is 6.07 Å². The Hall–Kier alpha value is -1.86. The number of hydrogen-bond donors (Lipinski definition) is 0. The summed E-state index contributed by atoms with van der Waals surface area (Å²) in [7, 11) is 0. The largest absolute Gasteiger partial charge is 0.465 e. The quantitative estimate of drug-likeness (QED) is 0.797. The van der Waals surface area contributed by atoms with E-state index in [1.165, 1.54) is 0 Å². The highest BCUT2D eigenvalue weighted by atomic mass is 16.5. The molecule has 0 spiro atoms. The minimum Gasteiger partial charge on any atom is -0.465 e. The van der Waals surface area contributed by atoms with Crippen molar-refractivity contribution >= 4 is 5.97 Å². The lowest BCUT2D eigenvalue weighted by Gasteiger charge is -2.20. The van der Waals surface area contributed by atoms with Crippen LogP contribution in [0.4, 0.5) is 0 Å². The maximum Gasteiger partial charge on any atom is 0.316 e. The number of ether oxygens (including phenoxy) is 2. The molecule has 1 heterocycles. The van der Waals surface area contributed by atoms with Gasteiger partial charge in [0.05, 0.1) is 24.7 Å². The number of carbonyl (C=O) groups is 1. The van der Waals surface area contributed by atoms with Gasteiger partial charge in [-0.1, -0.05) is 24.3 Å². The van der Waals surface area contributed by atoms with Crippen molar-refractivity contribution in [2.45, 2.75) is 37.0 Å². The summed E-state index contributed by atoms with van der Waals surface area (Å²) >= 11 is 0. The molecule has 0 aromatic heterocycles. The Kier molecular flexibility index (Phi) is 3.46. The Labute approximate surface area is 124 Å². The van der Waals surface area contributed by atoms with Crippen molar-refractivity contribution in [3.63, 3.8) is 0 Å². The van der Waals surface area contributed by atoms with Gasteiger partial charge in [0.15, 0.2) is 0 Å². The highest BCUT2D eigenvalue weighted by Crippen LogP contribution is 2.49. The molecular weight excluding hydrogens is 266 g/mol. The van der Waals surface area contributed by atoms with Crippen LogP contribution in [0.25, 0.3) is 0 Å². The normalized spacial score (nSPS) is 26.1. The van der Waals surface area contributed by atoms with Gasteiger partial charge < -0.3 is 9.47 Å². The molecule has 0 N–H and O–H groups in total. The van der Waals surface area contributed by atoms with Crippen molar-refractivity contribution in [1.29, 1.82) is 5.26 Å². The molecule has 0 amide bonds. The maximum absolute atomic E-state index is 12.1. The summed E-state index contributed by atoms with van der Waals surface area (Å²) in [6.45, 7) is 3.31. The molecule has 3 rings (SSSR count). The van der Waals surface area contributed by atoms with E-state index < -0.39 is 10.8 Å². The minimum absolute atomic E-state index is 0.128. The van der Waals surface area contributed by atoms with E-state index in [4.69, 9.17) is 9.47 Å². The summed E-state index contributed by atoms with van der Waals surface area (Å²) in [4.78, 5) is 12.1. The molecule has 1 aromatic carbocycles. The summed E-state index contributed by atoms with van der Waals surface area (Å²) in [6.07, 6.45) is 2.42. The van der Waals surface area contributed by atoms with Gasteiger partial charge in [-0.05, 0) is 37.3 Å². The summed E-state index contributed by atoms with van der Waals surface area (Å²) in [6, 6.07) is 10.3. The molecule has 4 nitrogen and oxygen atoms in total. The van der Waals surface area contributed by atoms with Gasteiger partial charge in [0.2, 0.25) is 0 Å². The SMILES string of the molecule is CCOC(=O)C1(c2ccc(C3(C#N)CCOC3)cc2)CC1. The lowest BCUT2D eigenvalue weighted by atomic mass is 9.80. The Morgan fingerprint density at radius 3 is 2.43 bits per heavy atom. The molecule has 1 aromatic rings. The van der Waals surface area contributed by atoms with Gasteiger partial charge >= 0.3 is 5.97 Å². The smallest absolute Gasteiger partial charge is 0.316 e. The van der Waals surface area contributed by atoms with Crippen LogP contribution in [0.5, 0.6) is 0 Å². The molecule has 110 valence electrons. The lowest BCUT2D eigenvalue weighted by molar-refractivity contribution is -0.146. The van der Waals surface area contributed by atoms with Gasteiger partial charge in [-0.25, -0.2) is 0 Å². The van der Waals surface area contributed by atoms with Crippen molar-refractivity contribution in [2.75, 3.05) is 19.8 Å². The first kappa shape index (κ1) is 14.1. The molecular formula is C17H19NO3. The first-order valence-corrected chi connectivity index (χ1v) is 7.44. The Balaban J connectivity index is 1.85. The fourth-order valence-corrected chi connectivity index (χ4v) is 3.06. The fourth-order valence-electron chi connectivity index (χ4n) is 3.06. The number of esters is 1. The monoisotopic (exact) mass is 285 g/mol. The van der Waals surface area contributed by atoms with Gasteiger partial charge in [-0.15, -0.1) is 0 Å². The number of rotatable bonds is 4. The third-order valence-electron chi connectivity index (χ3n) is 4.64. The summed E-state index contributed by atoms with van der Waals surface area (Å²) in [5.41, 5.74) is 1.00. The molecule has 1 saturated heterocycles. The number of benzene rings is 1. The van der Waals surface area contributed by atoms with Crippen molar-refractivity contribution in [2.24, 2.45) is 0 Å². The third kappa shape index (κ3) is 2.22. The molecule has 1 saturated carbocycles. The Morgan fingerprint density at radius 2 is 1.95 bits per heavy atom. The molecule has 0 bridgehead atoms. The van der Waals surface area contributed by atoms with Crippen LogP contribution in [-0.4, -0.2) is 25.8 Å². The predicted octanol–water partition coefficient (Wildman–Crippen LogP) is 2.46. The highest BCUT2D eigenvalue weighted by molar-refractivity contribution is 5.86. The molecule has 4 heteroatoms. The van der Waals surface area contributed by atoms with Crippen LogP contribution in [-0.2, 0) is 25.1 Å². The Morgan fingerprint density at radius 1 is 1.29 bits per heavy atom. The van der Waals surface area contributed by atoms with E-state index in [-0.39, 0.29) is 5.97 Å². The number of carbonyl (C=O) groups excluding carboxylic acids is 1. The minimum atomic E-state index is -0.529. The first-order valence-electron chi connectivity index (χ1n) is 7.44. The van der Waals surface area contributed by atoms with E-state index in [0.717, 1.165) is 30.4 Å². The number of hydrogen-bond acceptors (Lipinski definition) is 4. The van der Waals surface area contributed by atoms with Gasteiger partial charge in [0, 0.05) is 6.61 Å². The van der Waals surface area contributed by atoms with Crippen LogP contribution in [0, 0.1) is 11.3 Å². The second-order valence-electron chi connectivity index (χ2n) is 5.88. The highest BCUT2D eigenvalue weighted by Gasteiger charge is 2.52. The maximum atomic E-state index is 12.1. The van der Waals surface area contributed by atoms with E-state index in [9.17, 15) is 10.1 Å². The lowest BCUT2D eigenvalue weighted by Crippen LogP contribution is -2.25. The van der Waals surface area contributed by atoms with E-state index >= 15 is 0 Å². The number of nitriles is 1. The molecule has 1 atom stereocenters. The standard InChI is InChI=1S/C17H19NO3/c1-2-21-15(19)17(7-8-17)14-5-3-13(4-6-14)16(11-18)9-10-20-12-16/h3-6H,2,7-10,12H2,1H3. The second kappa shape index (κ2) is 5.16. The van der Waals surface area contributed by atoms with Crippen LogP contribution in [0.2, 0.25) is 0 Å². The average molecular weight is 285 g/mol. The molecule has 0 radical (unpaired) electrons. The molecule has 21 heavy (non-hydrogen) atoms. The molecule has 1 aliphatic heterocycles. The summed E-state index contributed by atoms with van der Waals surface area (Å²) in [5.74, 6) is -0.128. The molecule has 2 fully saturated rings. The van der Waals surface area contributed by atoms with Gasteiger partial charge in [0.1, 0.15) is 5.41 Å².